The molecule has 9 heteroatoms. The van der Waals surface area contributed by atoms with Gasteiger partial charge in [-0.05, 0) is 49.2 Å². The van der Waals surface area contributed by atoms with Crippen LogP contribution in [0.4, 0.5) is 0 Å². The third-order valence-corrected chi connectivity index (χ3v) is 6.49. The van der Waals surface area contributed by atoms with E-state index >= 15 is 0 Å². The Morgan fingerprint density at radius 3 is 2.57 bits per heavy atom. The van der Waals surface area contributed by atoms with Crippen LogP contribution in [0, 0.1) is 13.8 Å². The molecular weight excluding hydrogens is 430 g/mol. The second-order valence-corrected chi connectivity index (χ2v) is 8.92. The van der Waals surface area contributed by atoms with Gasteiger partial charge in [0.05, 0.1) is 10.5 Å². The van der Waals surface area contributed by atoms with Crippen LogP contribution < -0.4 is 10.3 Å². The minimum absolute atomic E-state index is 0.0324. The largest absolute Gasteiger partial charge is 0.457 e. The second-order valence-electron chi connectivity index (χ2n) is 6.74. The standard InChI is InChI=1S/C21H20ClNO6S/c1-4-23-30(26,27)15-6-5-12(2)16(9-15)21(25)28-11-14-8-20(24)29-19-7-13(3)18(22)10-17(14)19/h5-10,23H,4,11H2,1-3H3. The lowest BCUT2D eigenvalue weighted by Crippen LogP contribution is -2.23. The van der Waals surface area contributed by atoms with Crippen LogP contribution in [0.3, 0.4) is 0 Å². The number of fused-ring (bicyclic) bond motifs is 1. The van der Waals surface area contributed by atoms with E-state index < -0.39 is 21.6 Å². The molecule has 0 atom stereocenters. The highest BCUT2D eigenvalue weighted by Gasteiger charge is 2.19. The van der Waals surface area contributed by atoms with E-state index in [9.17, 15) is 18.0 Å². The van der Waals surface area contributed by atoms with Gasteiger partial charge in [-0.2, -0.15) is 0 Å². The number of aryl methyl sites for hydroxylation is 2. The third-order valence-electron chi connectivity index (χ3n) is 4.54. The SMILES string of the molecule is CCNS(=O)(=O)c1ccc(C)c(C(=O)OCc2cc(=O)oc3cc(C)c(Cl)cc23)c1. The summed E-state index contributed by atoms with van der Waals surface area (Å²) in [7, 11) is -3.72. The number of benzene rings is 2. The van der Waals surface area contributed by atoms with E-state index in [0.717, 1.165) is 5.56 Å². The lowest BCUT2D eigenvalue weighted by molar-refractivity contribution is 0.0472. The molecule has 0 fully saturated rings. The Balaban J connectivity index is 1.91. The molecule has 1 aromatic heterocycles. The summed E-state index contributed by atoms with van der Waals surface area (Å²) in [6.45, 7) is 5.14. The number of rotatable bonds is 6. The Morgan fingerprint density at radius 2 is 1.87 bits per heavy atom. The van der Waals surface area contributed by atoms with Gasteiger partial charge in [-0.1, -0.05) is 24.6 Å². The first-order valence-electron chi connectivity index (χ1n) is 9.12. The van der Waals surface area contributed by atoms with Crippen molar-refractivity contribution in [2.24, 2.45) is 0 Å². The average molecular weight is 450 g/mol. The van der Waals surface area contributed by atoms with Gasteiger partial charge < -0.3 is 9.15 Å². The van der Waals surface area contributed by atoms with Gasteiger partial charge in [-0.3, -0.25) is 0 Å². The highest BCUT2D eigenvalue weighted by molar-refractivity contribution is 7.89. The van der Waals surface area contributed by atoms with Crippen LogP contribution in [-0.2, 0) is 21.4 Å². The molecule has 0 aliphatic heterocycles. The number of sulfonamides is 1. The van der Waals surface area contributed by atoms with E-state index in [1.54, 1.807) is 32.9 Å². The molecule has 0 amide bonds. The first kappa shape index (κ1) is 22.0. The number of carbonyl (C=O) groups excluding carboxylic acids is 1. The van der Waals surface area contributed by atoms with E-state index in [1.807, 2.05) is 0 Å². The normalized spacial score (nSPS) is 11.6. The lowest BCUT2D eigenvalue weighted by atomic mass is 10.1. The highest BCUT2D eigenvalue weighted by Crippen LogP contribution is 2.26. The van der Waals surface area contributed by atoms with E-state index in [1.165, 1.54) is 24.3 Å². The summed E-state index contributed by atoms with van der Waals surface area (Å²) in [5.41, 5.74) is 1.62. The molecule has 0 bridgehead atoms. The highest BCUT2D eigenvalue weighted by atomic mass is 35.5. The number of hydrogen-bond acceptors (Lipinski definition) is 6. The second kappa shape index (κ2) is 8.59. The fraction of sp³-hybridized carbons (Fsp3) is 0.238. The van der Waals surface area contributed by atoms with Gasteiger partial charge in [0.2, 0.25) is 10.0 Å². The summed E-state index contributed by atoms with van der Waals surface area (Å²) < 4.78 is 37.4. The van der Waals surface area contributed by atoms with Crippen molar-refractivity contribution in [1.82, 2.24) is 4.72 Å². The quantitative estimate of drug-likeness (QED) is 0.454. The van der Waals surface area contributed by atoms with Gasteiger partial charge in [-0.15, -0.1) is 0 Å². The zero-order valence-electron chi connectivity index (χ0n) is 16.6. The molecule has 1 N–H and O–H groups in total. The Kier molecular flexibility index (Phi) is 6.30. The average Bonchev–Trinajstić information content (AvgIpc) is 2.67. The van der Waals surface area contributed by atoms with Crippen molar-refractivity contribution in [1.29, 1.82) is 0 Å². The van der Waals surface area contributed by atoms with Crippen LogP contribution in [0.1, 0.15) is 34.0 Å². The maximum absolute atomic E-state index is 12.7. The van der Waals surface area contributed by atoms with Gasteiger partial charge >= 0.3 is 11.6 Å². The fourth-order valence-electron chi connectivity index (χ4n) is 2.95. The number of halogens is 1. The van der Waals surface area contributed by atoms with Gasteiger partial charge in [-0.25, -0.2) is 22.7 Å². The van der Waals surface area contributed by atoms with Gasteiger partial charge in [0, 0.05) is 28.6 Å². The molecule has 0 saturated heterocycles. The molecule has 30 heavy (non-hydrogen) atoms. The van der Waals surface area contributed by atoms with E-state index in [4.69, 9.17) is 20.8 Å². The predicted octanol–water partition coefficient (Wildman–Crippen LogP) is 3.72. The number of carbonyl (C=O) groups is 1. The summed E-state index contributed by atoms with van der Waals surface area (Å²) in [5.74, 6) is -0.708. The summed E-state index contributed by atoms with van der Waals surface area (Å²) in [6.07, 6.45) is 0. The van der Waals surface area contributed by atoms with Crippen LogP contribution >= 0.6 is 11.6 Å². The van der Waals surface area contributed by atoms with Gasteiger partial charge in [0.1, 0.15) is 12.2 Å². The molecule has 7 nitrogen and oxygen atoms in total. The van der Waals surface area contributed by atoms with Crippen LogP contribution in [-0.4, -0.2) is 20.9 Å². The smallest absolute Gasteiger partial charge is 0.338 e. The monoisotopic (exact) mass is 449 g/mol. The number of hydrogen-bond donors (Lipinski definition) is 1. The van der Waals surface area contributed by atoms with Crippen LogP contribution in [0.2, 0.25) is 5.02 Å². The van der Waals surface area contributed by atoms with Crippen LogP contribution in [0.15, 0.2) is 50.5 Å². The molecule has 158 valence electrons. The Morgan fingerprint density at radius 1 is 1.13 bits per heavy atom. The number of esters is 1. The lowest BCUT2D eigenvalue weighted by Gasteiger charge is -2.11. The summed E-state index contributed by atoms with van der Waals surface area (Å²) >= 11 is 6.17. The molecule has 0 spiro atoms. The molecule has 3 rings (SSSR count). The molecule has 0 radical (unpaired) electrons. The third kappa shape index (κ3) is 4.56. The maximum atomic E-state index is 12.7. The summed E-state index contributed by atoms with van der Waals surface area (Å²) in [5, 5.41) is 1.04. The molecule has 0 aliphatic carbocycles. The fourth-order valence-corrected chi connectivity index (χ4v) is 4.18. The molecule has 0 unspecified atom stereocenters. The maximum Gasteiger partial charge on any atom is 0.338 e. The molecule has 0 saturated carbocycles. The van der Waals surface area contributed by atoms with Crippen LogP contribution in [0.25, 0.3) is 11.0 Å². The number of ether oxygens (including phenoxy) is 1. The number of nitrogens with one attached hydrogen (secondary N) is 1. The Hall–Kier alpha value is -2.68. The van der Waals surface area contributed by atoms with Crippen molar-refractivity contribution in [2.75, 3.05) is 6.54 Å². The van der Waals surface area contributed by atoms with Crippen LogP contribution in [0.5, 0.6) is 0 Å². The molecule has 0 aliphatic rings. The Bertz CT molecular complexity index is 1300. The van der Waals surface area contributed by atoms with Crippen molar-refractivity contribution < 1.29 is 22.4 Å². The first-order valence-corrected chi connectivity index (χ1v) is 11.0. The minimum atomic E-state index is -3.72. The topological polar surface area (TPSA) is 103 Å². The molecule has 2 aromatic carbocycles. The van der Waals surface area contributed by atoms with E-state index in [-0.39, 0.29) is 23.6 Å². The van der Waals surface area contributed by atoms with Crippen molar-refractivity contribution in [3.8, 4) is 0 Å². The molecular formula is C21H20ClNO6S. The summed E-state index contributed by atoms with van der Waals surface area (Å²) in [4.78, 5) is 24.5. The molecule has 3 aromatic rings. The van der Waals surface area contributed by atoms with Gasteiger partial charge in [0.25, 0.3) is 0 Å². The van der Waals surface area contributed by atoms with E-state index in [2.05, 4.69) is 4.72 Å². The van der Waals surface area contributed by atoms with E-state index in [0.29, 0.717) is 27.1 Å². The summed E-state index contributed by atoms with van der Waals surface area (Å²) in [6, 6.07) is 8.75. The van der Waals surface area contributed by atoms with Crippen molar-refractivity contribution in [3.05, 3.63) is 74.1 Å². The van der Waals surface area contributed by atoms with Crippen molar-refractivity contribution in [2.45, 2.75) is 32.3 Å². The zero-order valence-corrected chi connectivity index (χ0v) is 18.2. The minimum Gasteiger partial charge on any atom is -0.457 e. The first-order chi connectivity index (χ1) is 14.1. The van der Waals surface area contributed by atoms with Crippen molar-refractivity contribution in [3.63, 3.8) is 0 Å². The van der Waals surface area contributed by atoms with Gasteiger partial charge in [0.15, 0.2) is 0 Å². The van der Waals surface area contributed by atoms with Crippen molar-refractivity contribution >= 4 is 38.6 Å². The zero-order chi connectivity index (χ0) is 22.1. The Labute approximate surface area is 178 Å². The molecule has 1 heterocycles. The predicted molar refractivity (Wildman–Crippen MR) is 113 cm³/mol.